The Morgan fingerprint density at radius 1 is 1.00 bits per heavy atom. The van der Waals surface area contributed by atoms with Crippen molar-refractivity contribution in [2.75, 3.05) is 5.32 Å². The number of nitrogens with one attached hydrogen (secondary N) is 2. The molecule has 0 spiro atoms. The largest absolute Gasteiger partial charge is 0.306 e. The van der Waals surface area contributed by atoms with Gasteiger partial charge in [-0.25, -0.2) is 0 Å². The predicted octanol–water partition coefficient (Wildman–Crippen LogP) is 2.95. The van der Waals surface area contributed by atoms with Crippen LogP contribution in [0, 0.1) is 13.8 Å². The second-order valence-corrected chi connectivity index (χ2v) is 6.38. The lowest BCUT2D eigenvalue weighted by atomic mass is 10.1. The molecule has 0 fully saturated rings. The average Bonchev–Trinajstić information content (AvgIpc) is 3.07. The van der Waals surface area contributed by atoms with Crippen molar-refractivity contribution in [2.45, 2.75) is 13.8 Å². The molecule has 2 N–H and O–H groups in total. The summed E-state index contributed by atoms with van der Waals surface area (Å²) in [6.07, 6.45) is 0. The third-order valence-corrected chi connectivity index (χ3v) is 4.20. The number of hydrogen-bond acceptors (Lipinski definition) is 4. The highest BCUT2D eigenvalue weighted by Crippen LogP contribution is 2.18. The van der Waals surface area contributed by atoms with Gasteiger partial charge in [0.25, 0.3) is 11.5 Å². The van der Waals surface area contributed by atoms with Crippen molar-refractivity contribution in [1.29, 1.82) is 0 Å². The maximum Gasteiger partial charge on any atom is 0.256 e. The SMILES string of the molecule is Cc1ccc(C(=O)Nc2cc(=O)[nH]c3nc(-c4ccc(C)cc4)nn23)cc1. The lowest BCUT2D eigenvalue weighted by Crippen LogP contribution is -2.18. The van der Waals surface area contributed by atoms with E-state index in [4.69, 9.17) is 0 Å². The first-order valence-electron chi connectivity index (χ1n) is 8.45. The van der Waals surface area contributed by atoms with Crippen LogP contribution < -0.4 is 10.9 Å². The van der Waals surface area contributed by atoms with E-state index in [1.807, 2.05) is 50.2 Å². The van der Waals surface area contributed by atoms with E-state index < -0.39 is 0 Å². The number of nitrogens with zero attached hydrogens (tertiary/aromatic N) is 3. The molecule has 0 aliphatic carbocycles. The van der Waals surface area contributed by atoms with Crippen LogP contribution in [-0.4, -0.2) is 25.5 Å². The van der Waals surface area contributed by atoms with Gasteiger partial charge in [-0.2, -0.15) is 9.50 Å². The van der Waals surface area contributed by atoms with E-state index in [1.54, 1.807) is 12.1 Å². The Morgan fingerprint density at radius 2 is 1.63 bits per heavy atom. The first kappa shape index (κ1) is 16.7. The molecule has 0 bridgehead atoms. The van der Waals surface area contributed by atoms with Crippen LogP contribution in [0.25, 0.3) is 17.2 Å². The minimum Gasteiger partial charge on any atom is -0.306 e. The number of anilines is 1. The van der Waals surface area contributed by atoms with Gasteiger partial charge in [0.1, 0.15) is 5.82 Å². The summed E-state index contributed by atoms with van der Waals surface area (Å²) in [7, 11) is 0. The topological polar surface area (TPSA) is 92.1 Å². The first-order valence-corrected chi connectivity index (χ1v) is 8.45. The number of aromatic nitrogens is 4. The van der Waals surface area contributed by atoms with Gasteiger partial charge in [0, 0.05) is 17.2 Å². The van der Waals surface area contributed by atoms with Crippen LogP contribution in [0.2, 0.25) is 0 Å². The summed E-state index contributed by atoms with van der Waals surface area (Å²) in [5.41, 5.74) is 3.13. The Hall–Kier alpha value is -3.74. The molecular formula is C20H17N5O2. The predicted molar refractivity (Wildman–Crippen MR) is 103 cm³/mol. The van der Waals surface area contributed by atoms with E-state index in [0.717, 1.165) is 16.7 Å². The fourth-order valence-corrected chi connectivity index (χ4v) is 2.70. The van der Waals surface area contributed by atoms with E-state index in [0.29, 0.717) is 11.4 Å². The normalized spacial score (nSPS) is 10.9. The third-order valence-electron chi connectivity index (χ3n) is 4.20. The van der Waals surface area contributed by atoms with Crippen LogP contribution in [-0.2, 0) is 0 Å². The maximum absolute atomic E-state index is 12.5. The molecule has 2 aromatic carbocycles. The zero-order valence-corrected chi connectivity index (χ0v) is 14.9. The fraction of sp³-hybridized carbons (Fsp3) is 0.100. The van der Waals surface area contributed by atoms with E-state index in [9.17, 15) is 9.59 Å². The lowest BCUT2D eigenvalue weighted by Gasteiger charge is -2.06. The van der Waals surface area contributed by atoms with Crippen molar-refractivity contribution in [2.24, 2.45) is 0 Å². The highest BCUT2D eigenvalue weighted by molar-refractivity contribution is 6.03. The van der Waals surface area contributed by atoms with Crippen LogP contribution >= 0.6 is 0 Å². The zero-order chi connectivity index (χ0) is 19.0. The summed E-state index contributed by atoms with van der Waals surface area (Å²) >= 11 is 0. The average molecular weight is 359 g/mol. The summed E-state index contributed by atoms with van der Waals surface area (Å²) in [5.74, 6) is 0.652. The Labute approximate surface area is 154 Å². The number of aryl methyl sites for hydroxylation is 2. The number of fused-ring (bicyclic) bond motifs is 1. The standard InChI is InChI=1S/C20H17N5O2/c1-12-3-7-14(8-4-12)18-23-20-22-17(26)11-16(25(20)24-18)21-19(27)15-9-5-13(2)6-10-15/h3-11H,1-2H3,(H,21,27)(H,22,23,24,26). The fourth-order valence-electron chi connectivity index (χ4n) is 2.70. The Balaban J connectivity index is 1.74. The lowest BCUT2D eigenvalue weighted by molar-refractivity contribution is 0.102. The zero-order valence-electron chi connectivity index (χ0n) is 14.9. The van der Waals surface area contributed by atoms with E-state index in [2.05, 4.69) is 20.4 Å². The number of hydrogen-bond donors (Lipinski definition) is 2. The first-order chi connectivity index (χ1) is 13.0. The molecule has 27 heavy (non-hydrogen) atoms. The van der Waals surface area contributed by atoms with Crippen LogP contribution in [0.3, 0.4) is 0 Å². The molecular weight excluding hydrogens is 342 g/mol. The molecule has 2 aromatic heterocycles. The third kappa shape index (κ3) is 3.35. The number of rotatable bonds is 3. The molecule has 4 rings (SSSR count). The van der Waals surface area contributed by atoms with Crippen molar-refractivity contribution >= 4 is 17.5 Å². The van der Waals surface area contributed by atoms with Crippen molar-refractivity contribution in [3.63, 3.8) is 0 Å². The Kier molecular flexibility index (Phi) is 4.04. The molecule has 0 unspecified atom stereocenters. The van der Waals surface area contributed by atoms with Gasteiger partial charge in [0.2, 0.25) is 5.78 Å². The van der Waals surface area contributed by atoms with Crippen molar-refractivity contribution in [1.82, 2.24) is 19.6 Å². The number of benzene rings is 2. The number of amides is 1. The molecule has 2 heterocycles. The summed E-state index contributed by atoms with van der Waals surface area (Å²) in [5, 5.41) is 7.17. The van der Waals surface area contributed by atoms with Gasteiger partial charge in [0.15, 0.2) is 5.82 Å². The molecule has 0 aliphatic rings. The van der Waals surface area contributed by atoms with Gasteiger partial charge < -0.3 is 5.32 Å². The molecule has 0 radical (unpaired) electrons. The van der Waals surface area contributed by atoms with Crippen molar-refractivity contribution < 1.29 is 4.79 Å². The number of carbonyl (C=O) groups is 1. The molecule has 7 heteroatoms. The van der Waals surface area contributed by atoms with Crippen LogP contribution in [0.1, 0.15) is 21.5 Å². The van der Waals surface area contributed by atoms with Gasteiger partial charge in [-0.15, -0.1) is 5.10 Å². The van der Waals surface area contributed by atoms with Gasteiger partial charge in [0.05, 0.1) is 0 Å². The van der Waals surface area contributed by atoms with Gasteiger partial charge >= 0.3 is 0 Å². The van der Waals surface area contributed by atoms with Crippen molar-refractivity contribution in [3.8, 4) is 11.4 Å². The van der Waals surface area contributed by atoms with Crippen LogP contribution in [0.4, 0.5) is 5.82 Å². The molecule has 4 aromatic rings. The molecule has 0 saturated carbocycles. The second-order valence-electron chi connectivity index (χ2n) is 6.38. The summed E-state index contributed by atoms with van der Waals surface area (Å²) in [6, 6.07) is 16.2. The molecule has 1 amide bonds. The highest BCUT2D eigenvalue weighted by Gasteiger charge is 2.14. The summed E-state index contributed by atoms with van der Waals surface area (Å²) < 4.78 is 1.42. The van der Waals surface area contributed by atoms with Crippen molar-refractivity contribution in [3.05, 3.63) is 81.6 Å². The summed E-state index contributed by atoms with van der Waals surface area (Å²) in [6.45, 7) is 3.95. The van der Waals surface area contributed by atoms with Gasteiger partial charge in [-0.05, 0) is 26.0 Å². The van der Waals surface area contributed by atoms with E-state index >= 15 is 0 Å². The maximum atomic E-state index is 12.5. The second kappa shape index (κ2) is 6.53. The number of carbonyl (C=O) groups excluding carboxylic acids is 1. The number of aromatic amines is 1. The molecule has 0 aliphatic heterocycles. The smallest absolute Gasteiger partial charge is 0.256 e. The molecule has 0 saturated heterocycles. The number of H-pyrrole nitrogens is 1. The van der Waals surface area contributed by atoms with Gasteiger partial charge in [-0.3, -0.25) is 14.6 Å². The quantitative estimate of drug-likeness (QED) is 0.588. The molecule has 7 nitrogen and oxygen atoms in total. The highest BCUT2D eigenvalue weighted by atomic mass is 16.2. The Bertz CT molecular complexity index is 1190. The minimum absolute atomic E-state index is 0.255. The van der Waals surface area contributed by atoms with Gasteiger partial charge in [-0.1, -0.05) is 47.5 Å². The van der Waals surface area contributed by atoms with Crippen LogP contribution in [0.5, 0.6) is 0 Å². The van der Waals surface area contributed by atoms with E-state index in [-0.39, 0.29) is 23.1 Å². The summed E-state index contributed by atoms with van der Waals surface area (Å²) in [4.78, 5) is 31.5. The van der Waals surface area contributed by atoms with E-state index in [1.165, 1.54) is 10.6 Å². The van der Waals surface area contributed by atoms with Crippen LogP contribution in [0.15, 0.2) is 59.4 Å². The molecule has 134 valence electrons. The Morgan fingerprint density at radius 3 is 2.30 bits per heavy atom. The molecule has 0 atom stereocenters. The monoisotopic (exact) mass is 359 g/mol. The minimum atomic E-state index is -0.371.